The molecule has 3 heterocycles. The lowest BCUT2D eigenvalue weighted by atomic mass is 10.0. The SMILES string of the molecule is CCC(=O)N1CCN(C2CCN(C)CC2)C[C@@H]1OCC1CCN1. The van der Waals surface area contributed by atoms with Gasteiger partial charge in [0, 0.05) is 38.1 Å². The summed E-state index contributed by atoms with van der Waals surface area (Å²) in [5, 5.41) is 3.37. The van der Waals surface area contributed by atoms with E-state index in [0.717, 1.165) is 32.8 Å². The Balaban J connectivity index is 1.56. The van der Waals surface area contributed by atoms with E-state index >= 15 is 0 Å². The molecule has 3 fully saturated rings. The molecule has 1 amide bonds. The summed E-state index contributed by atoms with van der Waals surface area (Å²) in [4.78, 5) is 19.2. The molecule has 0 aromatic rings. The van der Waals surface area contributed by atoms with Gasteiger partial charge in [0.15, 0.2) is 0 Å². The monoisotopic (exact) mass is 324 g/mol. The van der Waals surface area contributed by atoms with Crippen LogP contribution in [-0.2, 0) is 9.53 Å². The van der Waals surface area contributed by atoms with Gasteiger partial charge in [-0.05, 0) is 45.9 Å². The van der Waals surface area contributed by atoms with Crippen molar-refractivity contribution in [2.24, 2.45) is 0 Å². The second-order valence-corrected chi connectivity index (χ2v) is 7.20. The lowest BCUT2D eigenvalue weighted by Gasteiger charge is -2.46. The molecule has 3 rings (SSSR count). The number of hydrogen-bond donors (Lipinski definition) is 1. The Bertz CT molecular complexity index is 394. The van der Waals surface area contributed by atoms with Crippen LogP contribution in [0, 0.1) is 0 Å². The van der Waals surface area contributed by atoms with Crippen molar-refractivity contribution >= 4 is 5.91 Å². The molecule has 0 radical (unpaired) electrons. The van der Waals surface area contributed by atoms with Crippen molar-refractivity contribution in [3.05, 3.63) is 0 Å². The third-order valence-electron chi connectivity index (χ3n) is 5.61. The minimum Gasteiger partial charge on any atom is -0.355 e. The topological polar surface area (TPSA) is 48.1 Å². The first-order chi connectivity index (χ1) is 11.2. The third-order valence-corrected chi connectivity index (χ3v) is 5.61. The van der Waals surface area contributed by atoms with Crippen LogP contribution in [0.25, 0.3) is 0 Å². The molecule has 6 heteroatoms. The van der Waals surface area contributed by atoms with E-state index in [1.807, 2.05) is 11.8 Å². The zero-order chi connectivity index (χ0) is 16.2. The van der Waals surface area contributed by atoms with Crippen LogP contribution in [0.3, 0.4) is 0 Å². The van der Waals surface area contributed by atoms with E-state index in [1.165, 1.54) is 32.4 Å². The van der Waals surface area contributed by atoms with Gasteiger partial charge < -0.3 is 19.9 Å². The van der Waals surface area contributed by atoms with Crippen LogP contribution in [0.4, 0.5) is 0 Å². The summed E-state index contributed by atoms with van der Waals surface area (Å²) in [6.45, 7) is 8.77. The number of carbonyl (C=O) groups excluding carboxylic acids is 1. The predicted molar refractivity (Wildman–Crippen MR) is 90.2 cm³/mol. The van der Waals surface area contributed by atoms with Crippen molar-refractivity contribution in [2.45, 2.75) is 50.9 Å². The largest absolute Gasteiger partial charge is 0.355 e. The summed E-state index contributed by atoms with van der Waals surface area (Å²) in [5.74, 6) is 0.222. The lowest BCUT2D eigenvalue weighted by Crippen LogP contribution is -2.60. The average Bonchev–Trinajstić information content (AvgIpc) is 2.53. The summed E-state index contributed by atoms with van der Waals surface area (Å²) >= 11 is 0. The zero-order valence-electron chi connectivity index (χ0n) is 14.7. The Morgan fingerprint density at radius 1 is 1.17 bits per heavy atom. The van der Waals surface area contributed by atoms with Gasteiger partial charge in [0.05, 0.1) is 6.61 Å². The number of carbonyl (C=O) groups is 1. The smallest absolute Gasteiger partial charge is 0.224 e. The molecule has 0 spiro atoms. The second-order valence-electron chi connectivity index (χ2n) is 7.20. The van der Waals surface area contributed by atoms with Gasteiger partial charge in [-0.25, -0.2) is 0 Å². The number of likely N-dealkylation sites (tertiary alicyclic amines) is 1. The number of rotatable bonds is 5. The lowest BCUT2D eigenvalue weighted by molar-refractivity contribution is -0.159. The molecule has 0 saturated carbocycles. The molecule has 132 valence electrons. The molecule has 0 aromatic heterocycles. The Morgan fingerprint density at radius 3 is 2.52 bits per heavy atom. The van der Waals surface area contributed by atoms with Crippen LogP contribution in [0.2, 0.25) is 0 Å². The summed E-state index contributed by atoms with van der Waals surface area (Å²) < 4.78 is 6.16. The van der Waals surface area contributed by atoms with E-state index in [4.69, 9.17) is 4.74 Å². The van der Waals surface area contributed by atoms with E-state index in [0.29, 0.717) is 18.5 Å². The van der Waals surface area contributed by atoms with Gasteiger partial charge >= 0.3 is 0 Å². The number of piperazine rings is 1. The minimum absolute atomic E-state index is 0.0711. The highest BCUT2D eigenvalue weighted by Gasteiger charge is 2.35. The van der Waals surface area contributed by atoms with E-state index < -0.39 is 0 Å². The molecule has 1 unspecified atom stereocenters. The maximum Gasteiger partial charge on any atom is 0.224 e. The van der Waals surface area contributed by atoms with Crippen LogP contribution >= 0.6 is 0 Å². The van der Waals surface area contributed by atoms with Gasteiger partial charge in [-0.1, -0.05) is 6.92 Å². The van der Waals surface area contributed by atoms with Crippen molar-refractivity contribution in [1.82, 2.24) is 20.0 Å². The van der Waals surface area contributed by atoms with Gasteiger partial charge in [0.2, 0.25) is 5.91 Å². The fourth-order valence-corrected chi connectivity index (χ4v) is 3.81. The summed E-state index contributed by atoms with van der Waals surface area (Å²) in [6, 6.07) is 1.13. The van der Waals surface area contributed by atoms with E-state index in [9.17, 15) is 4.79 Å². The van der Waals surface area contributed by atoms with Gasteiger partial charge in [-0.2, -0.15) is 0 Å². The van der Waals surface area contributed by atoms with Crippen LogP contribution in [0.1, 0.15) is 32.6 Å². The highest BCUT2D eigenvalue weighted by Crippen LogP contribution is 2.21. The molecule has 2 atom stereocenters. The Kier molecular flexibility index (Phi) is 5.91. The summed E-state index contributed by atoms with van der Waals surface area (Å²) in [6.07, 6.45) is 4.14. The Hall–Kier alpha value is -0.690. The fourth-order valence-electron chi connectivity index (χ4n) is 3.81. The zero-order valence-corrected chi connectivity index (χ0v) is 14.7. The van der Waals surface area contributed by atoms with Crippen LogP contribution in [0.15, 0.2) is 0 Å². The number of hydrogen-bond acceptors (Lipinski definition) is 5. The highest BCUT2D eigenvalue weighted by atomic mass is 16.5. The quantitative estimate of drug-likeness (QED) is 0.790. The van der Waals surface area contributed by atoms with Gasteiger partial charge in [0.25, 0.3) is 0 Å². The number of nitrogens with zero attached hydrogens (tertiary/aromatic N) is 3. The number of ether oxygens (including phenoxy) is 1. The average molecular weight is 324 g/mol. The molecule has 1 N–H and O–H groups in total. The molecular formula is C17H32N4O2. The van der Waals surface area contributed by atoms with Crippen LogP contribution in [0.5, 0.6) is 0 Å². The molecule has 6 nitrogen and oxygen atoms in total. The molecule has 3 aliphatic heterocycles. The first kappa shape index (κ1) is 17.1. The number of nitrogens with one attached hydrogen (secondary N) is 1. The molecule has 23 heavy (non-hydrogen) atoms. The van der Waals surface area contributed by atoms with Gasteiger partial charge in [0.1, 0.15) is 6.23 Å². The fraction of sp³-hybridized carbons (Fsp3) is 0.941. The Labute approximate surface area is 140 Å². The van der Waals surface area contributed by atoms with Crippen molar-refractivity contribution in [2.75, 3.05) is 52.9 Å². The summed E-state index contributed by atoms with van der Waals surface area (Å²) in [5.41, 5.74) is 0. The van der Waals surface area contributed by atoms with Crippen molar-refractivity contribution in [3.63, 3.8) is 0 Å². The van der Waals surface area contributed by atoms with E-state index in [1.54, 1.807) is 0 Å². The predicted octanol–water partition coefficient (Wildman–Crippen LogP) is 0.339. The first-order valence-corrected chi connectivity index (χ1v) is 9.24. The molecule has 0 bridgehead atoms. The molecular weight excluding hydrogens is 292 g/mol. The van der Waals surface area contributed by atoms with Crippen molar-refractivity contribution in [3.8, 4) is 0 Å². The molecule has 3 saturated heterocycles. The van der Waals surface area contributed by atoms with E-state index in [-0.39, 0.29) is 12.1 Å². The van der Waals surface area contributed by atoms with Crippen LogP contribution < -0.4 is 5.32 Å². The molecule has 0 aromatic carbocycles. The minimum atomic E-state index is -0.0711. The van der Waals surface area contributed by atoms with Crippen molar-refractivity contribution in [1.29, 1.82) is 0 Å². The Morgan fingerprint density at radius 2 is 1.91 bits per heavy atom. The summed E-state index contributed by atoms with van der Waals surface area (Å²) in [7, 11) is 2.20. The third kappa shape index (κ3) is 4.24. The standard InChI is InChI=1S/C17H32N4O2/c1-3-16(22)21-11-10-20(15-5-8-19(2)9-6-15)12-17(21)23-13-14-4-7-18-14/h14-15,17-18H,3-13H2,1-2H3/t14?,17-/m0/s1. The maximum absolute atomic E-state index is 12.2. The molecule has 3 aliphatic rings. The first-order valence-electron chi connectivity index (χ1n) is 9.24. The molecule has 0 aliphatic carbocycles. The van der Waals surface area contributed by atoms with E-state index in [2.05, 4.69) is 22.2 Å². The highest BCUT2D eigenvalue weighted by molar-refractivity contribution is 5.76. The number of piperidine rings is 1. The van der Waals surface area contributed by atoms with Gasteiger partial charge in [-0.15, -0.1) is 0 Å². The maximum atomic E-state index is 12.2. The number of amides is 1. The second kappa shape index (κ2) is 7.92. The van der Waals surface area contributed by atoms with Crippen LogP contribution in [-0.4, -0.2) is 91.8 Å². The normalized spacial score (nSPS) is 31.1. The van der Waals surface area contributed by atoms with Crippen molar-refractivity contribution < 1.29 is 9.53 Å². The van der Waals surface area contributed by atoms with Gasteiger partial charge in [-0.3, -0.25) is 9.69 Å².